The Balaban J connectivity index is 1.98. The van der Waals surface area contributed by atoms with Crippen LogP contribution in [0, 0.1) is 6.92 Å². The monoisotopic (exact) mass is 240 g/mol. The first-order valence-corrected chi connectivity index (χ1v) is 6.36. The van der Waals surface area contributed by atoms with Crippen LogP contribution in [0.3, 0.4) is 0 Å². The molecule has 0 radical (unpaired) electrons. The average molecular weight is 240 g/mol. The highest BCUT2D eigenvalue weighted by Gasteiger charge is 2.30. The Morgan fingerprint density at radius 3 is 2.67 bits per heavy atom. The fraction of sp³-hybridized carbons (Fsp3) is 0.333. The third kappa shape index (κ3) is 1.96. The number of rotatable bonds is 4. The van der Waals surface area contributed by atoms with Gasteiger partial charge in [-0.15, -0.1) is 0 Å². The molecular formula is C15H16N2O. The van der Waals surface area contributed by atoms with Crippen LogP contribution in [0.5, 0.6) is 0 Å². The van der Waals surface area contributed by atoms with E-state index in [4.69, 9.17) is 0 Å². The van der Waals surface area contributed by atoms with Gasteiger partial charge in [-0.2, -0.15) is 5.10 Å². The zero-order valence-electron chi connectivity index (χ0n) is 10.5. The predicted octanol–water partition coefficient (Wildman–Crippen LogP) is 2.93. The Morgan fingerprint density at radius 2 is 2.06 bits per heavy atom. The molecule has 0 saturated heterocycles. The van der Waals surface area contributed by atoms with Crippen LogP contribution in [0.1, 0.15) is 46.1 Å². The van der Waals surface area contributed by atoms with Crippen molar-refractivity contribution in [3.05, 3.63) is 52.8 Å². The minimum atomic E-state index is 0.591. The summed E-state index contributed by atoms with van der Waals surface area (Å²) in [6.07, 6.45) is 3.31. The molecule has 0 aliphatic heterocycles. The number of benzene rings is 1. The Morgan fingerprint density at radius 1 is 1.33 bits per heavy atom. The van der Waals surface area contributed by atoms with Gasteiger partial charge in [0.15, 0.2) is 6.29 Å². The van der Waals surface area contributed by atoms with Gasteiger partial charge in [-0.1, -0.05) is 30.3 Å². The van der Waals surface area contributed by atoms with E-state index in [2.05, 4.69) is 17.2 Å². The van der Waals surface area contributed by atoms with Crippen LogP contribution in [0.25, 0.3) is 0 Å². The minimum Gasteiger partial charge on any atom is -0.296 e. The lowest BCUT2D eigenvalue weighted by Gasteiger charge is -2.07. The zero-order chi connectivity index (χ0) is 12.5. The summed E-state index contributed by atoms with van der Waals surface area (Å²) < 4.78 is 2.01. The highest BCUT2D eigenvalue weighted by atomic mass is 16.1. The third-order valence-corrected chi connectivity index (χ3v) is 3.53. The van der Waals surface area contributed by atoms with Crippen LogP contribution in [0.15, 0.2) is 30.3 Å². The first-order valence-electron chi connectivity index (χ1n) is 6.36. The van der Waals surface area contributed by atoms with Crippen molar-refractivity contribution in [3.63, 3.8) is 0 Å². The van der Waals surface area contributed by atoms with Crippen LogP contribution in [-0.4, -0.2) is 16.1 Å². The maximum Gasteiger partial charge on any atom is 0.170 e. The van der Waals surface area contributed by atoms with Gasteiger partial charge in [-0.05, 0) is 25.3 Å². The van der Waals surface area contributed by atoms with Gasteiger partial charge in [0.1, 0.15) is 5.69 Å². The van der Waals surface area contributed by atoms with Gasteiger partial charge in [0, 0.05) is 17.2 Å². The molecule has 0 unspecified atom stereocenters. The molecule has 2 aromatic rings. The normalized spacial score (nSPS) is 14.7. The molecule has 1 aliphatic carbocycles. The maximum absolute atomic E-state index is 11.0. The Kier molecular flexibility index (Phi) is 2.74. The van der Waals surface area contributed by atoms with Gasteiger partial charge in [-0.3, -0.25) is 9.48 Å². The molecule has 0 bridgehead atoms. The Hall–Kier alpha value is -1.90. The van der Waals surface area contributed by atoms with E-state index in [0.29, 0.717) is 11.6 Å². The number of hydrogen-bond acceptors (Lipinski definition) is 2. The fourth-order valence-electron chi connectivity index (χ4n) is 2.45. The molecule has 1 aromatic carbocycles. The largest absolute Gasteiger partial charge is 0.296 e. The highest BCUT2D eigenvalue weighted by molar-refractivity contribution is 5.74. The Labute approximate surface area is 106 Å². The Bertz CT molecular complexity index is 568. The second-order valence-corrected chi connectivity index (χ2v) is 4.93. The number of carbonyl (C=O) groups excluding carboxylic acids is 1. The summed E-state index contributed by atoms with van der Waals surface area (Å²) in [6.45, 7) is 2.76. The van der Waals surface area contributed by atoms with E-state index < -0.39 is 0 Å². The molecule has 1 aliphatic rings. The van der Waals surface area contributed by atoms with E-state index in [-0.39, 0.29) is 0 Å². The van der Waals surface area contributed by atoms with Crippen molar-refractivity contribution in [1.82, 2.24) is 9.78 Å². The number of hydrogen-bond donors (Lipinski definition) is 0. The summed E-state index contributed by atoms with van der Waals surface area (Å²) in [5.74, 6) is 0.606. The molecule has 1 fully saturated rings. The molecule has 1 saturated carbocycles. The molecular weight excluding hydrogens is 224 g/mol. The molecule has 0 N–H and O–H groups in total. The van der Waals surface area contributed by atoms with Crippen molar-refractivity contribution in [1.29, 1.82) is 0 Å². The second kappa shape index (κ2) is 4.41. The summed E-state index contributed by atoms with van der Waals surface area (Å²) in [5.41, 5.74) is 4.12. The fourth-order valence-corrected chi connectivity index (χ4v) is 2.45. The summed E-state index contributed by atoms with van der Waals surface area (Å²) in [5, 5.41) is 4.43. The average Bonchev–Trinajstić information content (AvgIpc) is 3.17. The van der Waals surface area contributed by atoms with Crippen molar-refractivity contribution in [2.75, 3.05) is 0 Å². The summed E-state index contributed by atoms with van der Waals surface area (Å²) in [7, 11) is 0. The number of carbonyl (C=O) groups is 1. The SMILES string of the molecule is Cc1c(C=O)nn(Cc2ccccc2)c1C1CC1. The maximum atomic E-state index is 11.0. The molecule has 3 nitrogen and oxygen atoms in total. The molecule has 1 aromatic heterocycles. The van der Waals surface area contributed by atoms with Crippen LogP contribution in [0.4, 0.5) is 0 Å². The van der Waals surface area contributed by atoms with Crippen LogP contribution >= 0.6 is 0 Å². The molecule has 3 heteroatoms. The molecule has 0 spiro atoms. The lowest BCUT2D eigenvalue weighted by Crippen LogP contribution is -2.06. The highest BCUT2D eigenvalue weighted by Crippen LogP contribution is 2.42. The van der Waals surface area contributed by atoms with Gasteiger partial charge in [0.25, 0.3) is 0 Å². The quantitative estimate of drug-likeness (QED) is 0.770. The van der Waals surface area contributed by atoms with Gasteiger partial charge < -0.3 is 0 Å². The molecule has 92 valence electrons. The van der Waals surface area contributed by atoms with Crippen molar-refractivity contribution in [2.24, 2.45) is 0 Å². The number of aldehydes is 1. The summed E-state index contributed by atoms with van der Waals surface area (Å²) in [4.78, 5) is 11.0. The molecule has 1 heterocycles. The first-order chi connectivity index (χ1) is 8.79. The van der Waals surface area contributed by atoms with Crippen molar-refractivity contribution in [2.45, 2.75) is 32.2 Å². The minimum absolute atomic E-state index is 0.591. The van der Waals surface area contributed by atoms with E-state index in [9.17, 15) is 4.79 Å². The van der Waals surface area contributed by atoms with Crippen molar-refractivity contribution in [3.8, 4) is 0 Å². The molecule has 0 atom stereocenters. The van der Waals surface area contributed by atoms with Gasteiger partial charge in [0.05, 0.1) is 6.54 Å². The lowest BCUT2D eigenvalue weighted by molar-refractivity contribution is 0.111. The van der Waals surface area contributed by atoms with E-state index in [1.807, 2.05) is 29.8 Å². The van der Waals surface area contributed by atoms with Crippen molar-refractivity contribution >= 4 is 6.29 Å². The van der Waals surface area contributed by atoms with E-state index >= 15 is 0 Å². The van der Waals surface area contributed by atoms with Gasteiger partial charge in [-0.25, -0.2) is 0 Å². The van der Waals surface area contributed by atoms with E-state index in [1.54, 1.807) is 0 Å². The lowest BCUT2D eigenvalue weighted by atomic mass is 10.1. The topological polar surface area (TPSA) is 34.9 Å². The van der Waals surface area contributed by atoms with Crippen molar-refractivity contribution < 1.29 is 4.79 Å². The summed E-state index contributed by atoms with van der Waals surface area (Å²) >= 11 is 0. The molecule has 0 amide bonds. The van der Waals surface area contributed by atoms with E-state index in [0.717, 1.165) is 18.4 Å². The standard InChI is InChI=1S/C15H16N2O/c1-11-14(10-18)16-17(15(11)13-7-8-13)9-12-5-3-2-4-6-12/h2-6,10,13H,7-9H2,1H3. The molecule has 3 rings (SSSR count). The second-order valence-electron chi connectivity index (χ2n) is 4.93. The number of aromatic nitrogens is 2. The van der Waals surface area contributed by atoms with Crippen LogP contribution < -0.4 is 0 Å². The zero-order valence-corrected chi connectivity index (χ0v) is 10.5. The predicted molar refractivity (Wildman–Crippen MR) is 69.9 cm³/mol. The van der Waals surface area contributed by atoms with E-state index in [1.165, 1.54) is 24.1 Å². The van der Waals surface area contributed by atoms with Crippen LogP contribution in [-0.2, 0) is 6.54 Å². The number of nitrogens with zero attached hydrogens (tertiary/aromatic N) is 2. The molecule has 18 heavy (non-hydrogen) atoms. The smallest absolute Gasteiger partial charge is 0.170 e. The van der Waals surface area contributed by atoms with Gasteiger partial charge in [0.2, 0.25) is 0 Å². The first kappa shape index (κ1) is 11.2. The summed E-state index contributed by atoms with van der Waals surface area (Å²) in [6, 6.07) is 10.3. The van der Waals surface area contributed by atoms with Crippen LogP contribution in [0.2, 0.25) is 0 Å². The van der Waals surface area contributed by atoms with Gasteiger partial charge >= 0.3 is 0 Å². The third-order valence-electron chi connectivity index (χ3n) is 3.53.